The zero-order chi connectivity index (χ0) is 14.5. The summed E-state index contributed by atoms with van der Waals surface area (Å²) >= 11 is 0. The Bertz CT molecular complexity index is 532. The van der Waals surface area contributed by atoms with Crippen molar-refractivity contribution in [1.82, 2.24) is 10.3 Å². The van der Waals surface area contributed by atoms with E-state index in [-0.39, 0.29) is 22.8 Å². The van der Waals surface area contributed by atoms with Crippen LogP contribution < -0.4 is 11.1 Å². The van der Waals surface area contributed by atoms with E-state index >= 15 is 0 Å². The molecule has 0 saturated heterocycles. The van der Waals surface area contributed by atoms with Gasteiger partial charge in [0.1, 0.15) is 5.82 Å². The Morgan fingerprint density at radius 2 is 2.15 bits per heavy atom. The molecule has 3 unspecified atom stereocenters. The number of nitrogen functional groups attached to an aromatic ring is 1. The van der Waals surface area contributed by atoms with E-state index in [9.17, 15) is 4.79 Å². The zero-order valence-corrected chi connectivity index (χ0v) is 12.4. The van der Waals surface area contributed by atoms with Crippen molar-refractivity contribution in [3.05, 3.63) is 23.9 Å². The lowest BCUT2D eigenvalue weighted by Crippen LogP contribution is -2.52. The molecule has 0 aliphatic heterocycles. The number of nitrogens with zero attached hydrogens (tertiary/aromatic N) is 1. The number of fused-ring (bicyclic) bond motifs is 2. The summed E-state index contributed by atoms with van der Waals surface area (Å²) in [5.41, 5.74) is 6.56. The van der Waals surface area contributed by atoms with Gasteiger partial charge in [-0.1, -0.05) is 20.8 Å². The molecule has 108 valence electrons. The standard InChI is InChI=1S/C16H23N3O/c1-15(2)11-6-7-16(3,8-11)14(15)19-13(20)10-4-5-12(17)18-9-10/h4-5,9,11,14H,6-8H2,1-3H3,(H2,17,18)(H,19,20). The van der Waals surface area contributed by atoms with Crippen LogP contribution >= 0.6 is 0 Å². The molecule has 0 aromatic carbocycles. The molecule has 0 radical (unpaired) electrons. The van der Waals surface area contributed by atoms with Gasteiger partial charge in [0, 0.05) is 12.2 Å². The lowest BCUT2D eigenvalue weighted by Gasteiger charge is -2.43. The number of nitrogens with one attached hydrogen (secondary N) is 1. The smallest absolute Gasteiger partial charge is 0.253 e. The van der Waals surface area contributed by atoms with Crippen LogP contribution in [0.1, 0.15) is 50.4 Å². The summed E-state index contributed by atoms with van der Waals surface area (Å²) in [4.78, 5) is 16.4. The minimum Gasteiger partial charge on any atom is -0.384 e. The number of carbonyl (C=O) groups is 1. The number of pyridine rings is 1. The first-order chi connectivity index (χ1) is 9.33. The minimum atomic E-state index is -0.0376. The molecule has 3 N–H and O–H groups in total. The van der Waals surface area contributed by atoms with Crippen molar-refractivity contribution in [2.45, 2.75) is 46.1 Å². The first-order valence-electron chi connectivity index (χ1n) is 7.35. The molecule has 3 atom stereocenters. The summed E-state index contributed by atoms with van der Waals surface area (Å²) in [5.74, 6) is 1.13. The van der Waals surface area contributed by atoms with Crippen LogP contribution in [0.25, 0.3) is 0 Å². The molecule has 4 heteroatoms. The van der Waals surface area contributed by atoms with Crippen LogP contribution in [0.2, 0.25) is 0 Å². The number of hydrogen-bond acceptors (Lipinski definition) is 3. The van der Waals surface area contributed by atoms with Crippen LogP contribution in [0.4, 0.5) is 5.82 Å². The summed E-state index contributed by atoms with van der Waals surface area (Å²) in [5, 5.41) is 3.26. The Labute approximate surface area is 120 Å². The van der Waals surface area contributed by atoms with Crippen LogP contribution in [-0.4, -0.2) is 16.9 Å². The van der Waals surface area contributed by atoms with Gasteiger partial charge in [-0.2, -0.15) is 0 Å². The minimum absolute atomic E-state index is 0.0376. The van der Waals surface area contributed by atoms with Gasteiger partial charge in [0.25, 0.3) is 5.91 Å². The maximum atomic E-state index is 12.4. The molecule has 1 amide bonds. The van der Waals surface area contributed by atoms with E-state index in [4.69, 9.17) is 5.73 Å². The maximum absolute atomic E-state index is 12.4. The van der Waals surface area contributed by atoms with Crippen molar-refractivity contribution >= 4 is 11.7 Å². The summed E-state index contributed by atoms with van der Waals surface area (Å²) in [6, 6.07) is 3.64. The van der Waals surface area contributed by atoms with Crippen LogP contribution in [-0.2, 0) is 0 Å². The second kappa shape index (κ2) is 4.21. The first-order valence-corrected chi connectivity index (χ1v) is 7.35. The second-order valence-corrected chi connectivity index (χ2v) is 7.29. The highest BCUT2D eigenvalue weighted by Gasteiger charge is 2.59. The topological polar surface area (TPSA) is 68.0 Å². The van der Waals surface area contributed by atoms with Crippen molar-refractivity contribution < 1.29 is 4.79 Å². The van der Waals surface area contributed by atoms with Crippen molar-refractivity contribution in [1.29, 1.82) is 0 Å². The normalized spacial score (nSPS) is 34.1. The Hall–Kier alpha value is -1.58. The molecule has 2 saturated carbocycles. The van der Waals surface area contributed by atoms with Crippen LogP contribution in [0.15, 0.2) is 18.3 Å². The van der Waals surface area contributed by atoms with Gasteiger partial charge in [-0.3, -0.25) is 4.79 Å². The third-order valence-electron chi connectivity index (χ3n) is 5.59. The number of hydrogen-bond donors (Lipinski definition) is 2. The quantitative estimate of drug-likeness (QED) is 0.870. The van der Waals surface area contributed by atoms with E-state index in [0.29, 0.717) is 11.4 Å². The van der Waals surface area contributed by atoms with Gasteiger partial charge in [-0.15, -0.1) is 0 Å². The van der Waals surface area contributed by atoms with Crippen molar-refractivity contribution in [3.63, 3.8) is 0 Å². The molecule has 4 nitrogen and oxygen atoms in total. The Morgan fingerprint density at radius 3 is 2.70 bits per heavy atom. The largest absolute Gasteiger partial charge is 0.384 e. The predicted molar refractivity (Wildman–Crippen MR) is 79.1 cm³/mol. The van der Waals surface area contributed by atoms with Gasteiger partial charge in [-0.05, 0) is 48.1 Å². The molecule has 1 aromatic heterocycles. The fourth-order valence-electron chi connectivity index (χ4n) is 4.42. The number of rotatable bonds is 2. The van der Waals surface area contributed by atoms with Crippen molar-refractivity contribution in [3.8, 4) is 0 Å². The van der Waals surface area contributed by atoms with E-state index in [1.54, 1.807) is 18.3 Å². The Morgan fingerprint density at radius 1 is 1.40 bits per heavy atom. The Balaban J connectivity index is 1.80. The lowest BCUT2D eigenvalue weighted by atomic mass is 9.68. The van der Waals surface area contributed by atoms with E-state index < -0.39 is 0 Å². The van der Waals surface area contributed by atoms with Crippen LogP contribution in [0.5, 0.6) is 0 Å². The average molecular weight is 273 g/mol. The monoisotopic (exact) mass is 273 g/mol. The average Bonchev–Trinajstić information content (AvgIpc) is 2.86. The summed E-state index contributed by atoms with van der Waals surface area (Å²) in [6.07, 6.45) is 5.28. The maximum Gasteiger partial charge on any atom is 0.253 e. The SMILES string of the molecule is CC12CCC(C1)C(C)(C)C2NC(=O)c1ccc(N)nc1. The predicted octanol–water partition coefficient (Wildman–Crippen LogP) is 2.61. The number of nitrogens with two attached hydrogens (primary N) is 1. The van der Waals surface area contributed by atoms with E-state index in [1.807, 2.05) is 0 Å². The highest BCUT2D eigenvalue weighted by molar-refractivity contribution is 5.94. The molecule has 2 bridgehead atoms. The zero-order valence-electron chi connectivity index (χ0n) is 12.4. The number of amides is 1. The highest BCUT2D eigenvalue weighted by Crippen LogP contribution is 2.62. The van der Waals surface area contributed by atoms with Gasteiger partial charge in [-0.25, -0.2) is 4.98 Å². The second-order valence-electron chi connectivity index (χ2n) is 7.29. The number of aromatic nitrogens is 1. The van der Waals surface area contributed by atoms with E-state index in [1.165, 1.54) is 19.3 Å². The van der Waals surface area contributed by atoms with Crippen LogP contribution in [0.3, 0.4) is 0 Å². The highest BCUT2D eigenvalue weighted by atomic mass is 16.1. The third-order valence-corrected chi connectivity index (χ3v) is 5.59. The van der Waals surface area contributed by atoms with E-state index in [2.05, 4.69) is 31.1 Å². The molecule has 1 aromatic rings. The van der Waals surface area contributed by atoms with Gasteiger partial charge in [0.15, 0.2) is 0 Å². The Kier molecular flexibility index (Phi) is 2.82. The molecule has 3 rings (SSSR count). The lowest BCUT2D eigenvalue weighted by molar-refractivity contribution is 0.0737. The molecular formula is C16H23N3O. The summed E-state index contributed by atoms with van der Waals surface area (Å²) < 4.78 is 0. The third kappa shape index (κ3) is 1.89. The van der Waals surface area contributed by atoms with Gasteiger partial charge in [0.05, 0.1) is 5.56 Å². The summed E-state index contributed by atoms with van der Waals surface area (Å²) in [7, 11) is 0. The van der Waals surface area contributed by atoms with Crippen LogP contribution in [0, 0.1) is 16.7 Å². The van der Waals surface area contributed by atoms with Crippen molar-refractivity contribution in [2.24, 2.45) is 16.7 Å². The first kappa shape index (κ1) is 13.4. The van der Waals surface area contributed by atoms with Gasteiger partial charge in [0.2, 0.25) is 0 Å². The molecule has 2 aliphatic rings. The molecule has 0 spiro atoms. The molecule has 2 aliphatic carbocycles. The fraction of sp³-hybridized carbons (Fsp3) is 0.625. The molecule has 1 heterocycles. The molecule has 2 fully saturated rings. The van der Waals surface area contributed by atoms with Gasteiger partial charge < -0.3 is 11.1 Å². The molecular weight excluding hydrogens is 250 g/mol. The number of carbonyl (C=O) groups excluding carboxylic acids is 1. The van der Waals surface area contributed by atoms with E-state index in [0.717, 1.165) is 5.92 Å². The van der Waals surface area contributed by atoms with Gasteiger partial charge >= 0.3 is 0 Å². The number of anilines is 1. The summed E-state index contributed by atoms with van der Waals surface area (Å²) in [6.45, 7) is 6.89. The fourth-order valence-corrected chi connectivity index (χ4v) is 4.42. The van der Waals surface area contributed by atoms with Crippen molar-refractivity contribution in [2.75, 3.05) is 5.73 Å². The molecule has 20 heavy (non-hydrogen) atoms.